The second kappa shape index (κ2) is 6.73. The number of rotatable bonds is 6. The van der Waals surface area contributed by atoms with Crippen LogP contribution in [0.15, 0.2) is 30.3 Å². The van der Waals surface area contributed by atoms with Crippen molar-refractivity contribution >= 4 is 0 Å². The third-order valence-electron chi connectivity index (χ3n) is 4.98. The Bertz CT molecular complexity index is 399. The van der Waals surface area contributed by atoms with Crippen molar-refractivity contribution in [3.05, 3.63) is 35.9 Å². The van der Waals surface area contributed by atoms with Crippen LogP contribution in [0.4, 0.5) is 0 Å². The quantitative estimate of drug-likeness (QED) is 0.855. The van der Waals surface area contributed by atoms with Gasteiger partial charge >= 0.3 is 0 Å². The van der Waals surface area contributed by atoms with Crippen LogP contribution in [0.1, 0.15) is 44.1 Å². The highest BCUT2D eigenvalue weighted by Crippen LogP contribution is 2.50. The van der Waals surface area contributed by atoms with Gasteiger partial charge in [-0.15, -0.1) is 0 Å². The van der Waals surface area contributed by atoms with Gasteiger partial charge < -0.3 is 10.1 Å². The van der Waals surface area contributed by atoms with E-state index in [0.717, 1.165) is 37.5 Å². The van der Waals surface area contributed by atoms with Gasteiger partial charge in [0.05, 0.1) is 0 Å². The van der Waals surface area contributed by atoms with Gasteiger partial charge in [-0.25, -0.2) is 0 Å². The van der Waals surface area contributed by atoms with Crippen molar-refractivity contribution in [1.29, 1.82) is 0 Å². The molecular weight excluding hydrogens is 246 g/mol. The second-order valence-electron chi connectivity index (χ2n) is 6.37. The Morgan fingerprint density at radius 3 is 2.65 bits per heavy atom. The molecule has 0 radical (unpaired) electrons. The van der Waals surface area contributed by atoms with Crippen LogP contribution in [0.5, 0.6) is 0 Å². The predicted molar refractivity (Wildman–Crippen MR) is 82.9 cm³/mol. The summed E-state index contributed by atoms with van der Waals surface area (Å²) in [7, 11) is 0. The monoisotopic (exact) mass is 273 g/mol. The molecule has 2 nitrogen and oxygen atoms in total. The normalized spacial score (nSPS) is 28.2. The molecule has 2 heteroatoms. The molecule has 3 atom stereocenters. The fourth-order valence-electron chi connectivity index (χ4n) is 3.76. The lowest BCUT2D eigenvalue weighted by atomic mass is 9.89. The number of hydrogen-bond acceptors (Lipinski definition) is 2. The number of nitrogens with one attached hydrogen (secondary N) is 1. The molecule has 2 aliphatic rings. The second-order valence-corrected chi connectivity index (χ2v) is 6.37. The minimum atomic E-state index is 0.702. The smallest absolute Gasteiger partial charge is 0.0468 e. The fraction of sp³-hybridized carbons (Fsp3) is 0.667. The van der Waals surface area contributed by atoms with Gasteiger partial charge in [-0.3, -0.25) is 0 Å². The van der Waals surface area contributed by atoms with E-state index in [9.17, 15) is 0 Å². The maximum Gasteiger partial charge on any atom is 0.0468 e. The van der Waals surface area contributed by atoms with Crippen molar-refractivity contribution in [2.75, 3.05) is 19.8 Å². The van der Waals surface area contributed by atoms with E-state index in [2.05, 4.69) is 42.6 Å². The van der Waals surface area contributed by atoms with Gasteiger partial charge in [0.1, 0.15) is 0 Å². The van der Waals surface area contributed by atoms with Crippen LogP contribution in [0, 0.1) is 11.8 Å². The van der Waals surface area contributed by atoms with E-state index in [1.165, 1.54) is 31.2 Å². The molecule has 0 spiro atoms. The van der Waals surface area contributed by atoms with Gasteiger partial charge in [-0.1, -0.05) is 37.3 Å². The van der Waals surface area contributed by atoms with Crippen LogP contribution >= 0.6 is 0 Å². The highest BCUT2D eigenvalue weighted by molar-refractivity contribution is 5.26. The molecule has 20 heavy (non-hydrogen) atoms. The molecule has 0 amide bonds. The molecule has 1 N–H and O–H groups in total. The summed E-state index contributed by atoms with van der Waals surface area (Å²) in [6.45, 7) is 5.26. The first-order valence-corrected chi connectivity index (χ1v) is 8.24. The van der Waals surface area contributed by atoms with Crippen LogP contribution in [-0.2, 0) is 4.74 Å². The first-order chi connectivity index (χ1) is 9.88. The molecule has 1 heterocycles. The van der Waals surface area contributed by atoms with Crippen molar-refractivity contribution in [2.45, 2.75) is 44.6 Å². The third-order valence-corrected chi connectivity index (χ3v) is 4.98. The van der Waals surface area contributed by atoms with Gasteiger partial charge in [0.2, 0.25) is 0 Å². The molecule has 1 saturated carbocycles. The summed E-state index contributed by atoms with van der Waals surface area (Å²) >= 11 is 0. The summed E-state index contributed by atoms with van der Waals surface area (Å²) in [4.78, 5) is 0. The lowest BCUT2D eigenvalue weighted by molar-refractivity contribution is 0.0597. The first-order valence-electron chi connectivity index (χ1n) is 8.24. The van der Waals surface area contributed by atoms with Crippen molar-refractivity contribution in [2.24, 2.45) is 11.8 Å². The maximum absolute atomic E-state index is 5.49. The Hall–Kier alpha value is -0.860. The average Bonchev–Trinajstić information content (AvgIpc) is 3.29. The molecule has 1 saturated heterocycles. The minimum Gasteiger partial charge on any atom is -0.381 e. The molecule has 1 aliphatic heterocycles. The molecule has 1 aliphatic carbocycles. The van der Waals surface area contributed by atoms with E-state index in [0.29, 0.717) is 6.04 Å². The van der Waals surface area contributed by atoms with Crippen LogP contribution in [-0.4, -0.2) is 25.8 Å². The van der Waals surface area contributed by atoms with Crippen LogP contribution < -0.4 is 5.32 Å². The third kappa shape index (κ3) is 3.42. The number of ether oxygens (including phenoxy) is 1. The Kier molecular flexibility index (Phi) is 4.74. The zero-order chi connectivity index (χ0) is 13.8. The molecule has 3 unspecified atom stereocenters. The molecule has 1 aromatic rings. The van der Waals surface area contributed by atoms with Gasteiger partial charge in [-0.2, -0.15) is 0 Å². The van der Waals surface area contributed by atoms with E-state index in [-0.39, 0.29) is 0 Å². The Morgan fingerprint density at radius 2 is 1.95 bits per heavy atom. The minimum absolute atomic E-state index is 0.702. The first kappa shape index (κ1) is 14.1. The lowest BCUT2D eigenvalue weighted by Gasteiger charge is -2.27. The van der Waals surface area contributed by atoms with Crippen molar-refractivity contribution in [3.8, 4) is 0 Å². The molecule has 0 bridgehead atoms. The largest absolute Gasteiger partial charge is 0.381 e. The Labute approximate surface area is 122 Å². The van der Waals surface area contributed by atoms with Gasteiger partial charge in [0, 0.05) is 19.3 Å². The summed E-state index contributed by atoms with van der Waals surface area (Å²) in [5, 5.41) is 3.75. The SMILES string of the molecule is CCNC(CC1CCOCC1)C1CC1c1ccccc1. The predicted octanol–water partition coefficient (Wildman–Crippen LogP) is 3.58. The van der Waals surface area contributed by atoms with Crippen LogP contribution in [0.2, 0.25) is 0 Å². The summed E-state index contributed by atoms with van der Waals surface area (Å²) in [5.41, 5.74) is 1.53. The molecule has 2 fully saturated rings. The van der Waals surface area contributed by atoms with E-state index in [4.69, 9.17) is 4.74 Å². The molecular formula is C18H27NO. The van der Waals surface area contributed by atoms with Gasteiger partial charge in [-0.05, 0) is 55.5 Å². The van der Waals surface area contributed by atoms with E-state index in [1.54, 1.807) is 0 Å². The van der Waals surface area contributed by atoms with E-state index < -0.39 is 0 Å². The molecule has 110 valence electrons. The topological polar surface area (TPSA) is 21.3 Å². The van der Waals surface area contributed by atoms with Crippen LogP contribution in [0.3, 0.4) is 0 Å². The number of hydrogen-bond donors (Lipinski definition) is 1. The highest BCUT2D eigenvalue weighted by atomic mass is 16.5. The summed E-state index contributed by atoms with van der Waals surface area (Å²) < 4.78 is 5.49. The van der Waals surface area contributed by atoms with E-state index in [1.807, 2.05) is 0 Å². The van der Waals surface area contributed by atoms with E-state index >= 15 is 0 Å². The Morgan fingerprint density at radius 1 is 1.20 bits per heavy atom. The fourth-order valence-corrected chi connectivity index (χ4v) is 3.76. The van der Waals surface area contributed by atoms with Gasteiger partial charge in [0.25, 0.3) is 0 Å². The molecule has 3 rings (SSSR count). The maximum atomic E-state index is 5.49. The van der Waals surface area contributed by atoms with Crippen molar-refractivity contribution in [3.63, 3.8) is 0 Å². The summed E-state index contributed by atoms with van der Waals surface area (Å²) in [6, 6.07) is 11.7. The number of benzene rings is 1. The van der Waals surface area contributed by atoms with Crippen molar-refractivity contribution in [1.82, 2.24) is 5.32 Å². The van der Waals surface area contributed by atoms with Crippen LogP contribution in [0.25, 0.3) is 0 Å². The highest BCUT2D eigenvalue weighted by Gasteiger charge is 2.43. The van der Waals surface area contributed by atoms with Gasteiger partial charge in [0.15, 0.2) is 0 Å². The lowest BCUT2D eigenvalue weighted by Crippen LogP contribution is -2.34. The zero-order valence-electron chi connectivity index (χ0n) is 12.6. The Balaban J connectivity index is 1.57. The summed E-state index contributed by atoms with van der Waals surface area (Å²) in [6.07, 6.45) is 5.21. The standard InChI is InChI=1S/C18H27NO/c1-2-19-18(12-14-8-10-20-11-9-14)17-13-16(17)15-6-4-3-5-7-15/h3-7,14,16-19H,2,8-13H2,1H3. The molecule has 1 aromatic carbocycles. The average molecular weight is 273 g/mol. The van der Waals surface area contributed by atoms with Crippen molar-refractivity contribution < 1.29 is 4.74 Å². The summed E-state index contributed by atoms with van der Waals surface area (Å²) in [5.74, 6) is 2.50. The molecule has 0 aromatic heterocycles. The zero-order valence-corrected chi connectivity index (χ0v) is 12.6.